The highest BCUT2D eigenvalue weighted by Gasteiger charge is 2.12. The van der Waals surface area contributed by atoms with Crippen molar-refractivity contribution < 1.29 is 4.39 Å². The van der Waals surface area contributed by atoms with Crippen LogP contribution in [-0.4, -0.2) is 0 Å². The summed E-state index contributed by atoms with van der Waals surface area (Å²) in [4.78, 5) is 0. The highest BCUT2D eigenvalue weighted by atomic mass is 19.1. The molecule has 2 aromatic rings. The second-order valence-electron chi connectivity index (χ2n) is 4.09. The first-order valence-electron chi connectivity index (χ1n) is 5.81. The SMILES string of the molecule is CCc1ccc(C(N)c2ccccc2F)cc1. The molecule has 2 aromatic carbocycles. The molecule has 0 radical (unpaired) electrons. The molecule has 0 bridgehead atoms. The maximum absolute atomic E-state index is 13.6. The molecule has 0 aromatic heterocycles. The highest BCUT2D eigenvalue weighted by Crippen LogP contribution is 2.22. The van der Waals surface area contributed by atoms with Gasteiger partial charge in [0.15, 0.2) is 0 Å². The summed E-state index contributed by atoms with van der Waals surface area (Å²) in [7, 11) is 0. The third-order valence-corrected chi connectivity index (χ3v) is 2.99. The maximum atomic E-state index is 13.6. The van der Waals surface area contributed by atoms with E-state index in [9.17, 15) is 4.39 Å². The summed E-state index contributed by atoms with van der Waals surface area (Å²) in [5.74, 6) is -0.250. The molecular formula is C15H16FN. The number of halogens is 1. The van der Waals surface area contributed by atoms with Crippen molar-refractivity contribution in [1.29, 1.82) is 0 Å². The smallest absolute Gasteiger partial charge is 0.128 e. The standard InChI is InChI=1S/C15H16FN/c1-2-11-7-9-12(10-8-11)15(17)13-5-3-4-6-14(13)16/h3-10,15H,2,17H2,1H3. The van der Waals surface area contributed by atoms with Crippen LogP contribution in [0.25, 0.3) is 0 Å². The van der Waals surface area contributed by atoms with Crippen LogP contribution in [0.4, 0.5) is 4.39 Å². The van der Waals surface area contributed by atoms with Gasteiger partial charge in [0.25, 0.3) is 0 Å². The van der Waals surface area contributed by atoms with Crippen molar-refractivity contribution in [1.82, 2.24) is 0 Å². The second kappa shape index (κ2) is 5.11. The monoisotopic (exact) mass is 229 g/mol. The number of nitrogens with two attached hydrogens (primary N) is 1. The van der Waals surface area contributed by atoms with Gasteiger partial charge in [-0.05, 0) is 23.6 Å². The zero-order valence-corrected chi connectivity index (χ0v) is 9.86. The number of hydrogen-bond donors (Lipinski definition) is 1. The molecule has 0 aliphatic rings. The van der Waals surface area contributed by atoms with Gasteiger partial charge in [-0.2, -0.15) is 0 Å². The minimum absolute atomic E-state index is 0.250. The predicted molar refractivity (Wildman–Crippen MR) is 68.3 cm³/mol. The van der Waals surface area contributed by atoms with E-state index in [0.29, 0.717) is 5.56 Å². The number of aryl methyl sites for hydroxylation is 1. The van der Waals surface area contributed by atoms with Crippen LogP contribution in [0.2, 0.25) is 0 Å². The van der Waals surface area contributed by atoms with E-state index in [1.165, 1.54) is 11.6 Å². The molecule has 2 heteroatoms. The van der Waals surface area contributed by atoms with Gasteiger partial charge in [0.05, 0.1) is 6.04 Å². The van der Waals surface area contributed by atoms with E-state index in [-0.39, 0.29) is 5.82 Å². The Balaban J connectivity index is 2.30. The first kappa shape index (κ1) is 11.8. The molecule has 0 aliphatic carbocycles. The second-order valence-corrected chi connectivity index (χ2v) is 4.09. The topological polar surface area (TPSA) is 26.0 Å². The summed E-state index contributed by atoms with van der Waals surface area (Å²) in [5.41, 5.74) is 8.80. The Kier molecular flexibility index (Phi) is 3.55. The van der Waals surface area contributed by atoms with Gasteiger partial charge in [-0.1, -0.05) is 49.4 Å². The summed E-state index contributed by atoms with van der Waals surface area (Å²) in [5, 5.41) is 0. The largest absolute Gasteiger partial charge is 0.320 e. The van der Waals surface area contributed by atoms with Gasteiger partial charge in [-0.3, -0.25) is 0 Å². The van der Waals surface area contributed by atoms with Crippen molar-refractivity contribution >= 4 is 0 Å². The molecule has 2 N–H and O–H groups in total. The zero-order valence-electron chi connectivity index (χ0n) is 9.86. The highest BCUT2D eigenvalue weighted by molar-refractivity contribution is 5.33. The average molecular weight is 229 g/mol. The van der Waals surface area contributed by atoms with Crippen molar-refractivity contribution in [2.75, 3.05) is 0 Å². The Morgan fingerprint density at radius 1 is 1.06 bits per heavy atom. The molecule has 0 amide bonds. The molecular weight excluding hydrogens is 213 g/mol. The minimum Gasteiger partial charge on any atom is -0.320 e. The zero-order chi connectivity index (χ0) is 12.3. The predicted octanol–water partition coefficient (Wildman–Crippen LogP) is 3.44. The molecule has 2 rings (SSSR count). The van der Waals surface area contributed by atoms with E-state index < -0.39 is 6.04 Å². The molecule has 1 atom stereocenters. The summed E-state index contributed by atoms with van der Waals surface area (Å²) in [6.07, 6.45) is 0.995. The summed E-state index contributed by atoms with van der Waals surface area (Å²) >= 11 is 0. The molecule has 0 spiro atoms. The van der Waals surface area contributed by atoms with Gasteiger partial charge in [-0.25, -0.2) is 4.39 Å². The average Bonchev–Trinajstić information content (AvgIpc) is 2.39. The fraction of sp³-hybridized carbons (Fsp3) is 0.200. The number of hydrogen-bond acceptors (Lipinski definition) is 1. The Labute approximate surface area is 101 Å². The van der Waals surface area contributed by atoms with E-state index in [1.807, 2.05) is 24.3 Å². The van der Waals surface area contributed by atoms with Crippen LogP contribution in [-0.2, 0) is 6.42 Å². The molecule has 17 heavy (non-hydrogen) atoms. The first-order chi connectivity index (χ1) is 8.22. The van der Waals surface area contributed by atoms with Crippen molar-refractivity contribution in [3.05, 3.63) is 71.0 Å². The maximum Gasteiger partial charge on any atom is 0.128 e. The number of benzene rings is 2. The van der Waals surface area contributed by atoms with Crippen LogP contribution in [0, 0.1) is 5.82 Å². The van der Waals surface area contributed by atoms with Crippen LogP contribution in [0.3, 0.4) is 0 Å². The Morgan fingerprint density at radius 3 is 2.29 bits per heavy atom. The molecule has 0 fully saturated rings. The van der Waals surface area contributed by atoms with Crippen LogP contribution >= 0.6 is 0 Å². The quantitative estimate of drug-likeness (QED) is 0.857. The molecule has 0 aliphatic heterocycles. The van der Waals surface area contributed by atoms with Crippen LogP contribution in [0.15, 0.2) is 48.5 Å². The molecule has 1 unspecified atom stereocenters. The van der Waals surface area contributed by atoms with Crippen LogP contribution in [0.1, 0.15) is 29.7 Å². The van der Waals surface area contributed by atoms with Crippen molar-refractivity contribution in [3.8, 4) is 0 Å². The third-order valence-electron chi connectivity index (χ3n) is 2.99. The van der Waals surface area contributed by atoms with E-state index >= 15 is 0 Å². The lowest BCUT2D eigenvalue weighted by molar-refractivity contribution is 0.599. The molecule has 1 nitrogen and oxygen atoms in total. The number of rotatable bonds is 3. The lowest BCUT2D eigenvalue weighted by atomic mass is 9.98. The van der Waals surface area contributed by atoms with E-state index in [0.717, 1.165) is 12.0 Å². The van der Waals surface area contributed by atoms with Crippen molar-refractivity contribution in [2.45, 2.75) is 19.4 Å². The van der Waals surface area contributed by atoms with E-state index in [1.54, 1.807) is 18.2 Å². The van der Waals surface area contributed by atoms with E-state index in [2.05, 4.69) is 6.92 Å². The van der Waals surface area contributed by atoms with Gasteiger partial charge in [-0.15, -0.1) is 0 Å². The van der Waals surface area contributed by atoms with Gasteiger partial charge in [0.1, 0.15) is 5.82 Å². The van der Waals surface area contributed by atoms with Crippen molar-refractivity contribution in [3.63, 3.8) is 0 Å². The molecule has 0 saturated carbocycles. The Morgan fingerprint density at radius 2 is 1.71 bits per heavy atom. The Bertz CT molecular complexity index is 491. The van der Waals surface area contributed by atoms with Crippen LogP contribution < -0.4 is 5.73 Å². The fourth-order valence-corrected chi connectivity index (χ4v) is 1.87. The minimum atomic E-state index is -0.401. The Hall–Kier alpha value is -1.67. The third kappa shape index (κ3) is 2.53. The van der Waals surface area contributed by atoms with Gasteiger partial charge < -0.3 is 5.73 Å². The first-order valence-corrected chi connectivity index (χ1v) is 5.81. The molecule has 0 heterocycles. The van der Waals surface area contributed by atoms with Crippen molar-refractivity contribution in [2.24, 2.45) is 5.73 Å². The lowest BCUT2D eigenvalue weighted by Crippen LogP contribution is -2.13. The summed E-state index contributed by atoms with van der Waals surface area (Å²) < 4.78 is 13.6. The van der Waals surface area contributed by atoms with Crippen LogP contribution in [0.5, 0.6) is 0 Å². The van der Waals surface area contributed by atoms with Gasteiger partial charge in [0.2, 0.25) is 0 Å². The summed E-state index contributed by atoms with van der Waals surface area (Å²) in [6.45, 7) is 2.10. The fourth-order valence-electron chi connectivity index (χ4n) is 1.87. The lowest BCUT2D eigenvalue weighted by Gasteiger charge is -2.13. The van der Waals surface area contributed by atoms with Gasteiger partial charge in [0, 0.05) is 5.56 Å². The van der Waals surface area contributed by atoms with E-state index in [4.69, 9.17) is 5.73 Å². The normalized spacial score (nSPS) is 12.4. The molecule has 0 saturated heterocycles. The molecule has 88 valence electrons. The summed E-state index contributed by atoms with van der Waals surface area (Å²) in [6, 6.07) is 14.3. The van der Waals surface area contributed by atoms with Gasteiger partial charge >= 0.3 is 0 Å².